The minimum Gasteiger partial charge on any atom is -0.383 e. The average Bonchev–Trinajstić information content (AvgIpc) is 3.29. The number of fused-ring (bicyclic) bond motifs is 1. The third-order valence-electron chi connectivity index (χ3n) is 4.94. The average molecular weight is 444 g/mol. The molecular formula is C15H21N6O8P. The molecule has 4 rings (SSSR count). The molecule has 4 heterocycles. The maximum atomic E-state index is 12.5. The Labute approximate surface area is 169 Å². The van der Waals surface area contributed by atoms with Gasteiger partial charge in [-0.15, -0.1) is 0 Å². The summed E-state index contributed by atoms with van der Waals surface area (Å²) in [4.78, 5) is 23.7. The quantitative estimate of drug-likeness (QED) is 0.315. The zero-order valence-electron chi connectivity index (χ0n) is 16.0. The fourth-order valence-corrected chi connectivity index (χ4v) is 5.01. The van der Waals surface area contributed by atoms with Crippen molar-refractivity contribution in [1.29, 1.82) is 0 Å². The van der Waals surface area contributed by atoms with Gasteiger partial charge < -0.3 is 29.9 Å². The Morgan fingerprint density at radius 1 is 1.43 bits per heavy atom. The van der Waals surface area contributed by atoms with Gasteiger partial charge in [-0.25, -0.2) is 24.3 Å². The number of hydrogen-bond acceptors (Lipinski definition) is 12. The van der Waals surface area contributed by atoms with Crippen molar-refractivity contribution in [3.8, 4) is 0 Å². The number of anilines is 1. The molecule has 0 bridgehead atoms. The standard InChI is InChI=1S/C15H21N6O8P/c1-7-13(23)29-30(25,20-7)27-3-8-10(26-6-22)15(2,24)14(28-8)21-5-19-9-11(16)17-4-18-12(9)21/h4-5,7-8,10,14,22,24H,3,6H2,1-2H3,(H,20,25)(H2,16,17,18)/t7?,8-,10+,14-,15?,30?/m1/s1. The van der Waals surface area contributed by atoms with Crippen molar-refractivity contribution < 1.29 is 38.1 Å². The second-order valence-corrected chi connectivity index (χ2v) is 8.80. The van der Waals surface area contributed by atoms with E-state index in [-0.39, 0.29) is 12.4 Å². The zero-order chi connectivity index (χ0) is 21.7. The van der Waals surface area contributed by atoms with E-state index in [4.69, 9.17) is 24.3 Å². The van der Waals surface area contributed by atoms with Crippen LogP contribution in [0.15, 0.2) is 12.7 Å². The van der Waals surface area contributed by atoms with Crippen LogP contribution in [0.4, 0.5) is 5.82 Å². The molecule has 2 aliphatic heterocycles. The van der Waals surface area contributed by atoms with Crippen molar-refractivity contribution in [2.24, 2.45) is 0 Å². The molecule has 6 atom stereocenters. The highest BCUT2D eigenvalue weighted by Crippen LogP contribution is 2.50. The first-order valence-corrected chi connectivity index (χ1v) is 10.5. The first-order valence-electron chi connectivity index (χ1n) is 8.95. The molecule has 0 aromatic carbocycles. The van der Waals surface area contributed by atoms with Crippen LogP contribution in [0.25, 0.3) is 11.2 Å². The van der Waals surface area contributed by atoms with Gasteiger partial charge in [-0.3, -0.25) is 9.09 Å². The molecule has 30 heavy (non-hydrogen) atoms. The van der Waals surface area contributed by atoms with Gasteiger partial charge in [0.2, 0.25) is 0 Å². The third kappa shape index (κ3) is 3.46. The zero-order valence-corrected chi connectivity index (χ0v) is 16.9. The number of nitrogens with zero attached hydrogens (tertiary/aromatic N) is 4. The summed E-state index contributed by atoms with van der Waals surface area (Å²) in [5.41, 5.74) is 4.74. The number of aliphatic hydroxyl groups is 2. The van der Waals surface area contributed by atoms with E-state index in [1.54, 1.807) is 0 Å². The van der Waals surface area contributed by atoms with Crippen LogP contribution in [0.2, 0.25) is 0 Å². The van der Waals surface area contributed by atoms with Crippen molar-refractivity contribution in [3.05, 3.63) is 12.7 Å². The summed E-state index contributed by atoms with van der Waals surface area (Å²) in [6.45, 7) is 1.83. The molecule has 2 fully saturated rings. The Hall–Kier alpha value is -2.19. The molecule has 2 saturated heterocycles. The summed E-state index contributed by atoms with van der Waals surface area (Å²) in [5.74, 6) is -0.554. The van der Waals surface area contributed by atoms with Crippen molar-refractivity contribution in [2.75, 3.05) is 19.1 Å². The number of imidazole rings is 1. The van der Waals surface area contributed by atoms with Gasteiger partial charge in [0, 0.05) is 0 Å². The van der Waals surface area contributed by atoms with E-state index in [0.29, 0.717) is 11.2 Å². The molecule has 14 nitrogen and oxygen atoms in total. The molecule has 15 heteroatoms. The van der Waals surface area contributed by atoms with Crippen LogP contribution < -0.4 is 10.8 Å². The number of rotatable bonds is 6. The van der Waals surface area contributed by atoms with E-state index in [9.17, 15) is 19.6 Å². The molecule has 5 N–H and O–H groups in total. The lowest BCUT2D eigenvalue weighted by Gasteiger charge is -2.29. The van der Waals surface area contributed by atoms with Crippen molar-refractivity contribution in [1.82, 2.24) is 24.6 Å². The smallest absolute Gasteiger partial charge is 0.383 e. The first-order chi connectivity index (χ1) is 14.2. The summed E-state index contributed by atoms with van der Waals surface area (Å²) in [7, 11) is -3.88. The largest absolute Gasteiger partial charge is 0.461 e. The minimum atomic E-state index is -3.88. The number of ether oxygens (including phenoxy) is 2. The van der Waals surface area contributed by atoms with E-state index in [0.717, 1.165) is 0 Å². The first kappa shape index (κ1) is 21.1. The van der Waals surface area contributed by atoms with Crippen LogP contribution in [0.1, 0.15) is 20.1 Å². The molecule has 0 spiro atoms. The lowest BCUT2D eigenvalue weighted by Crippen LogP contribution is -2.46. The number of carbonyl (C=O) groups is 1. The van der Waals surface area contributed by atoms with Gasteiger partial charge in [-0.2, -0.15) is 5.09 Å². The molecule has 0 radical (unpaired) electrons. The molecule has 2 aromatic heterocycles. The normalized spacial score (nSPS) is 36.5. The van der Waals surface area contributed by atoms with Gasteiger partial charge in [0.15, 0.2) is 17.7 Å². The van der Waals surface area contributed by atoms with Gasteiger partial charge >= 0.3 is 13.7 Å². The predicted molar refractivity (Wildman–Crippen MR) is 98.5 cm³/mol. The van der Waals surface area contributed by atoms with Crippen LogP contribution in [0.3, 0.4) is 0 Å². The van der Waals surface area contributed by atoms with E-state index < -0.39 is 50.6 Å². The van der Waals surface area contributed by atoms with E-state index in [1.807, 2.05) is 0 Å². The Balaban J connectivity index is 1.60. The SMILES string of the molecule is CC1NP(=O)(OC[C@H]2O[C@@H](n3cnc4c(N)ncnc43)C(C)(O)[C@H]2OCO)OC1=O. The van der Waals surface area contributed by atoms with Crippen molar-refractivity contribution >= 4 is 30.7 Å². The van der Waals surface area contributed by atoms with Crippen LogP contribution in [0, 0.1) is 0 Å². The van der Waals surface area contributed by atoms with Crippen molar-refractivity contribution in [3.63, 3.8) is 0 Å². The molecule has 164 valence electrons. The van der Waals surface area contributed by atoms with E-state index in [2.05, 4.69) is 20.0 Å². The molecule has 0 saturated carbocycles. The van der Waals surface area contributed by atoms with Gasteiger partial charge in [0.1, 0.15) is 42.5 Å². The summed E-state index contributed by atoms with van der Waals surface area (Å²) in [6, 6.07) is -0.789. The van der Waals surface area contributed by atoms with Crippen LogP contribution in [-0.4, -0.2) is 73.0 Å². The molecular weight excluding hydrogens is 423 g/mol. The second kappa shape index (κ2) is 7.50. The highest BCUT2D eigenvalue weighted by molar-refractivity contribution is 7.52. The number of nitrogen functional groups attached to an aromatic ring is 1. The fourth-order valence-electron chi connectivity index (χ4n) is 3.51. The number of hydrogen-bond donors (Lipinski definition) is 4. The Kier molecular flexibility index (Phi) is 5.26. The predicted octanol–water partition coefficient (Wildman–Crippen LogP) is -0.948. The number of nitrogens with two attached hydrogens (primary N) is 1. The number of carbonyl (C=O) groups excluding carboxylic acids is 1. The third-order valence-corrected chi connectivity index (χ3v) is 6.55. The monoisotopic (exact) mass is 444 g/mol. The highest BCUT2D eigenvalue weighted by Gasteiger charge is 2.56. The van der Waals surface area contributed by atoms with Gasteiger partial charge in [-0.05, 0) is 13.8 Å². The summed E-state index contributed by atoms with van der Waals surface area (Å²) >= 11 is 0. The van der Waals surface area contributed by atoms with Crippen LogP contribution in [-0.2, 0) is 27.9 Å². The number of nitrogens with one attached hydrogen (secondary N) is 1. The Bertz CT molecular complexity index is 1010. The maximum absolute atomic E-state index is 12.5. The lowest BCUT2D eigenvalue weighted by atomic mass is 9.96. The summed E-state index contributed by atoms with van der Waals surface area (Å²) in [5, 5.41) is 22.9. The summed E-state index contributed by atoms with van der Waals surface area (Å²) in [6.07, 6.45) is -0.532. The van der Waals surface area contributed by atoms with E-state index >= 15 is 0 Å². The second-order valence-electron chi connectivity index (χ2n) is 7.11. The van der Waals surface area contributed by atoms with Crippen molar-refractivity contribution in [2.45, 2.75) is 43.9 Å². The van der Waals surface area contributed by atoms with Crippen LogP contribution >= 0.6 is 7.75 Å². The molecule has 0 aliphatic carbocycles. The maximum Gasteiger partial charge on any atom is 0.461 e. The highest BCUT2D eigenvalue weighted by atomic mass is 31.2. The summed E-state index contributed by atoms with van der Waals surface area (Å²) < 4.78 is 35.2. The lowest BCUT2D eigenvalue weighted by molar-refractivity contribution is -0.141. The van der Waals surface area contributed by atoms with E-state index in [1.165, 1.54) is 31.1 Å². The fraction of sp³-hybridized carbons (Fsp3) is 0.600. The number of aromatic nitrogens is 4. The Morgan fingerprint density at radius 3 is 2.87 bits per heavy atom. The Morgan fingerprint density at radius 2 is 2.20 bits per heavy atom. The minimum absolute atomic E-state index is 0.153. The topological polar surface area (TPSA) is 193 Å². The van der Waals surface area contributed by atoms with Crippen LogP contribution in [0.5, 0.6) is 0 Å². The van der Waals surface area contributed by atoms with Gasteiger partial charge in [0.25, 0.3) is 0 Å². The molecule has 2 aliphatic rings. The van der Waals surface area contributed by atoms with Gasteiger partial charge in [0.05, 0.1) is 12.9 Å². The number of aliphatic hydroxyl groups excluding tert-OH is 1. The molecule has 0 amide bonds. The molecule has 2 aromatic rings. The van der Waals surface area contributed by atoms with Gasteiger partial charge in [-0.1, -0.05) is 0 Å². The molecule has 3 unspecified atom stereocenters.